The van der Waals surface area contributed by atoms with Gasteiger partial charge in [-0.1, -0.05) is 5.16 Å². The van der Waals surface area contributed by atoms with E-state index in [4.69, 9.17) is 14.0 Å². The number of aromatic nitrogens is 1. The van der Waals surface area contributed by atoms with Gasteiger partial charge in [0.1, 0.15) is 5.76 Å². The topological polar surface area (TPSA) is 68.0 Å². The van der Waals surface area contributed by atoms with Crippen LogP contribution in [0.3, 0.4) is 0 Å². The number of hydrogen-bond acceptors (Lipinski definition) is 6. The lowest BCUT2D eigenvalue weighted by atomic mass is 9.70. The minimum Gasteiger partial charge on any atom is -0.454 e. The molecule has 4 heterocycles. The van der Waals surface area contributed by atoms with Crippen LogP contribution in [0.15, 0.2) is 22.7 Å². The summed E-state index contributed by atoms with van der Waals surface area (Å²) in [6.07, 6.45) is 1.80. The Bertz CT molecular complexity index is 879. The van der Waals surface area contributed by atoms with Crippen molar-refractivity contribution < 1.29 is 18.8 Å². The summed E-state index contributed by atoms with van der Waals surface area (Å²) in [5.41, 5.74) is 2.83. The van der Waals surface area contributed by atoms with Crippen LogP contribution in [-0.2, 0) is 11.3 Å². The SMILES string of the molecule is Cc1noc(C)c1CN1CCC2(CC1)CN(c1ccc3c(c1)OCO3)C2=O. The zero-order chi connectivity index (χ0) is 18.6. The number of β-lactam (4-membered cyclic amide) rings is 1. The molecule has 0 saturated carbocycles. The molecule has 1 aromatic heterocycles. The van der Waals surface area contributed by atoms with Gasteiger partial charge in [0.2, 0.25) is 12.7 Å². The third kappa shape index (κ3) is 2.60. The van der Waals surface area contributed by atoms with E-state index < -0.39 is 0 Å². The van der Waals surface area contributed by atoms with E-state index in [-0.39, 0.29) is 18.1 Å². The number of benzene rings is 1. The summed E-state index contributed by atoms with van der Waals surface area (Å²) in [7, 11) is 0. The minimum atomic E-state index is -0.203. The first-order valence-electron chi connectivity index (χ1n) is 9.41. The first-order valence-corrected chi connectivity index (χ1v) is 9.41. The van der Waals surface area contributed by atoms with Crippen LogP contribution in [0.1, 0.15) is 29.9 Å². The monoisotopic (exact) mass is 369 g/mol. The van der Waals surface area contributed by atoms with Crippen LogP contribution < -0.4 is 14.4 Å². The molecular weight excluding hydrogens is 346 g/mol. The number of hydrogen-bond donors (Lipinski definition) is 0. The average Bonchev–Trinajstić information content (AvgIpc) is 3.28. The smallest absolute Gasteiger partial charge is 0.235 e. The third-order valence-corrected chi connectivity index (χ3v) is 6.20. The number of amides is 1. The first kappa shape index (κ1) is 16.6. The summed E-state index contributed by atoms with van der Waals surface area (Å²) in [6.45, 7) is 7.66. The van der Waals surface area contributed by atoms with Crippen LogP contribution in [0.25, 0.3) is 0 Å². The molecule has 3 aliphatic heterocycles. The number of ether oxygens (including phenoxy) is 2. The lowest BCUT2D eigenvalue weighted by Gasteiger charge is -2.52. The molecule has 0 aliphatic carbocycles. The zero-order valence-electron chi connectivity index (χ0n) is 15.7. The Morgan fingerprint density at radius 2 is 1.93 bits per heavy atom. The lowest BCUT2D eigenvalue weighted by Crippen LogP contribution is -2.64. The van der Waals surface area contributed by atoms with Gasteiger partial charge in [-0.3, -0.25) is 9.69 Å². The summed E-state index contributed by atoms with van der Waals surface area (Å²) in [4.78, 5) is 17.2. The molecule has 7 nitrogen and oxygen atoms in total. The van der Waals surface area contributed by atoms with E-state index in [1.807, 2.05) is 36.9 Å². The normalized spacial score (nSPS) is 21.0. The Kier molecular flexibility index (Phi) is 3.69. The number of fused-ring (bicyclic) bond motifs is 1. The second-order valence-corrected chi connectivity index (χ2v) is 7.79. The Balaban J connectivity index is 1.23. The van der Waals surface area contributed by atoms with Crippen molar-refractivity contribution in [2.24, 2.45) is 5.41 Å². The molecule has 0 N–H and O–H groups in total. The fraction of sp³-hybridized carbons (Fsp3) is 0.500. The molecule has 5 rings (SSSR count). The maximum absolute atomic E-state index is 13.0. The summed E-state index contributed by atoms with van der Waals surface area (Å²) in [5.74, 6) is 2.59. The average molecular weight is 369 g/mol. The molecule has 7 heteroatoms. The molecule has 2 saturated heterocycles. The van der Waals surface area contributed by atoms with Crippen molar-refractivity contribution in [2.75, 3.05) is 31.3 Å². The summed E-state index contributed by atoms with van der Waals surface area (Å²) >= 11 is 0. The van der Waals surface area contributed by atoms with Crippen molar-refractivity contribution in [1.29, 1.82) is 0 Å². The molecule has 3 aliphatic rings. The Hall–Kier alpha value is -2.54. The Labute approximate surface area is 157 Å². The summed E-state index contributed by atoms with van der Waals surface area (Å²) in [6, 6.07) is 5.71. The molecule has 142 valence electrons. The predicted molar refractivity (Wildman–Crippen MR) is 97.8 cm³/mol. The Morgan fingerprint density at radius 3 is 2.63 bits per heavy atom. The highest BCUT2D eigenvalue weighted by molar-refractivity contribution is 6.04. The molecule has 27 heavy (non-hydrogen) atoms. The van der Waals surface area contributed by atoms with Gasteiger partial charge in [-0.25, -0.2) is 0 Å². The quantitative estimate of drug-likeness (QED) is 0.775. The molecule has 2 aromatic rings. The molecule has 0 bridgehead atoms. The van der Waals surface area contributed by atoms with Gasteiger partial charge in [0.05, 0.1) is 11.1 Å². The summed E-state index contributed by atoms with van der Waals surface area (Å²) < 4.78 is 16.0. The van der Waals surface area contributed by atoms with Crippen LogP contribution >= 0.6 is 0 Å². The second-order valence-electron chi connectivity index (χ2n) is 7.79. The minimum absolute atomic E-state index is 0.203. The molecular formula is C20H23N3O4. The highest BCUT2D eigenvalue weighted by Crippen LogP contribution is 2.46. The van der Waals surface area contributed by atoms with Crippen molar-refractivity contribution in [3.63, 3.8) is 0 Å². The van der Waals surface area contributed by atoms with E-state index in [0.717, 1.165) is 67.7 Å². The maximum Gasteiger partial charge on any atom is 0.235 e. The van der Waals surface area contributed by atoms with Gasteiger partial charge in [-0.05, 0) is 51.9 Å². The van der Waals surface area contributed by atoms with Gasteiger partial charge >= 0.3 is 0 Å². The van der Waals surface area contributed by atoms with Crippen LogP contribution in [0.5, 0.6) is 11.5 Å². The number of carbonyl (C=O) groups excluding carboxylic acids is 1. The van der Waals surface area contributed by atoms with Crippen molar-refractivity contribution in [1.82, 2.24) is 10.1 Å². The standard InChI is InChI=1S/C20H23N3O4/c1-13-16(14(2)27-21-13)10-22-7-5-20(6-8-22)11-23(19(20)24)15-3-4-17-18(9-15)26-12-25-17/h3-4,9H,5-8,10-12H2,1-2H3. The van der Waals surface area contributed by atoms with E-state index in [2.05, 4.69) is 10.1 Å². The molecule has 1 aromatic carbocycles. The number of nitrogens with zero attached hydrogens (tertiary/aromatic N) is 3. The van der Waals surface area contributed by atoms with Crippen molar-refractivity contribution in [3.8, 4) is 11.5 Å². The van der Waals surface area contributed by atoms with Crippen LogP contribution in [0, 0.1) is 19.3 Å². The number of anilines is 1. The summed E-state index contributed by atoms with van der Waals surface area (Å²) in [5, 5.41) is 4.04. The van der Waals surface area contributed by atoms with E-state index >= 15 is 0 Å². The van der Waals surface area contributed by atoms with Crippen LogP contribution in [0.4, 0.5) is 5.69 Å². The van der Waals surface area contributed by atoms with E-state index in [0.29, 0.717) is 0 Å². The largest absolute Gasteiger partial charge is 0.454 e. The fourth-order valence-corrected chi connectivity index (χ4v) is 4.36. The van der Waals surface area contributed by atoms with Crippen LogP contribution in [-0.4, -0.2) is 42.4 Å². The fourth-order valence-electron chi connectivity index (χ4n) is 4.36. The number of carbonyl (C=O) groups is 1. The van der Waals surface area contributed by atoms with E-state index in [1.54, 1.807) is 0 Å². The number of aryl methyl sites for hydroxylation is 2. The zero-order valence-corrected chi connectivity index (χ0v) is 15.7. The first-order chi connectivity index (χ1) is 13.1. The van der Waals surface area contributed by atoms with Gasteiger partial charge in [-0.15, -0.1) is 0 Å². The van der Waals surface area contributed by atoms with Crippen LogP contribution in [0.2, 0.25) is 0 Å². The lowest BCUT2D eigenvalue weighted by molar-refractivity contribution is -0.138. The van der Waals surface area contributed by atoms with Gasteiger partial charge < -0.3 is 18.9 Å². The van der Waals surface area contributed by atoms with Gasteiger partial charge in [0.15, 0.2) is 11.5 Å². The van der Waals surface area contributed by atoms with E-state index in [1.165, 1.54) is 5.56 Å². The van der Waals surface area contributed by atoms with Crippen molar-refractivity contribution in [3.05, 3.63) is 35.2 Å². The van der Waals surface area contributed by atoms with Crippen molar-refractivity contribution in [2.45, 2.75) is 33.2 Å². The molecule has 0 atom stereocenters. The molecule has 1 amide bonds. The number of likely N-dealkylation sites (tertiary alicyclic amines) is 1. The van der Waals surface area contributed by atoms with Crippen molar-refractivity contribution >= 4 is 11.6 Å². The number of rotatable bonds is 3. The molecule has 1 spiro atoms. The number of piperidine rings is 1. The second kappa shape index (κ2) is 5.99. The highest BCUT2D eigenvalue weighted by atomic mass is 16.7. The van der Waals surface area contributed by atoms with Gasteiger partial charge in [-0.2, -0.15) is 0 Å². The third-order valence-electron chi connectivity index (χ3n) is 6.20. The highest BCUT2D eigenvalue weighted by Gasteiger charge is 2.53. The van der Waals surface area contributed by atoms with E-state index in [9.17, 15) is 4.79 Å². The van der Waals surface area contributed by atoms with Gasteiger partial charge in [0, 0.05) is 30.4 Å². The molecule has 0 unspecified atom stereocenters. The molecule has 0 radical (unpaired) electrons. The Morgan fingerprint density at radius 1 is 1.15 bits per heavy atom. The van der Waals surface area contributed by atoms with Gasteiger partial charge in [0.25, 0.3) is 0 Å². The maximum atomic E-state index is 13.0. The molecule has 2 fully saturated rings. The predicted octanol–water partition coefficient (Wildman–Crippen LogP) is 2.65.